The molecule has 156 valence electrons. The molecule has 0 radical (unpaired) electrons. The first-order valence-electron chi connectivity index (χ1n) is 8.56. The number of nitrogens with one attached hydrogen (secondary N) is 1. The number of hydrogen-bond acceptors (Lipinski definition) is 9. The highest BCUT2D eigenvalue weighted by atomic mass is 32.1. The Bertz CT molecular complexity index is 963. The number of esters is 2. The number of thiophene rings is 1. The zero-order valence-corrected chi connectivity index (χ0v) is 17.1. The Morgan fingerprint density at radius 2 is 2.00 bits per heavy atom. The van der Waals surface area contributed by atoms with Crippen LogP contribution in [0.1, 0.15) is 44.6 Å². The number of hydrogen-bond donors (Lipinski definition) is 1. The van der Waals surface area contributed by atoms with E-state index >= 15 is 0 Å². The Hall–Kier alpha value is -3.28. The number of carbonyl (C=O) groups is 3. The largest absolute Gasteiger partial charge is 0.465 e. The smallest absolute Gasteiger partial charge is 0.348 e. The Morgan fingerprint density at radius 3 is 2.55 bits per heavy atom. The first kappa shape index (κ1) is 22.0. The van der Waals surface area contributed by atoms with Crippen molar-refractivity contribution in [3.63, 3.8) is 0 Å². The number of amides is 1. The summed E-state index contributed by atoms with van der Waals surface area (Å²) in [7, 11) is 1.20. The van der Waals surface area contributed by atoms with Gasteiger partial charge in [-0.25, -0.2) is 9.59 Å². The molecule has 0 aliphatic heterocycles. The maximum atomic E-state index is 12.4. The lowest BCUT2D eigenvalue weighted by Gasteiger charge is -2.07. The van der Waals surface area contributed by atoms with Crippen molar-refractivity contribution in [3.8, 4) is 0 Å². The van der Waals surface area contributed by atoms with Crippen LogP contribution in [0.3, 0.4) is 0 Å². The molecule has 0 aromatic carbocycles. The highest BCUT2D eigenvalue weighted by Gasteiger charge is 2.27. The van der Waals surface area contributed by atoms with Gasteiger partial charge in [0.2, 0.25) is 5.91 Å². The standard InChI is InChI=1S/C17H20N4O7S/c1-5-28-17(24)14-9(2)13(16(23)27-4)15(29-14)19-12(22)6-7-20-10(3)11(8-18-20)21(25)26/h8H,5-7H2,1-4H3,(H,19,22). The van der Waals surface area contributed by atoms with Crippen molar-refractivity contribution in [1.82, 2.24) is 9.78 Å². The molecule has 0 aliphatic rings. The molecule has 11 nitrogen and oxygen atoms in total. The SMILES string of the molecule is CCOC(=O)c1sc(NC(=O)CCn2ncc([N+](=O)[O-])c2C)c(C(=O)OC)c1C. The summed E-state index contributed by atoms with van der Waals surface area (Å²) in [6.45, 7) is 5.03. The number of ether oxygens (including phenoxy) is 2. The van der Waals surface area contributed by atoms with Crippen molar-refractivity contribution in [2.24, 2.45) is 0 Å². The molecule has 2 aromatic heterocycles. The molecule has 0 aliphatic carbocycles. The van der Waals surface area contributed by atoms with Crippen molar-refractivity contribution >= 4 is 39.9 Å². The predicted octanol–water partition coefficient (Wildman–Crippen LogP) is 2.46. The molecule has 2 aromatic rings. The van der Waals surface area contributed by atoms with Gasteiger partial charge in [-0.05, 0) is 26.3 Å². The summed E-state index contributed by atoms with van der Waals surface area (Å²) >= 11 is 0.920. The molecule has 2 rings (SSSR count). The summed E-state index contributed by atoms with van der Waals surface area (Å²) in [4.78, 5) is 47.1. The zero-order chi connectivity index (χ0) is 21.7. The van der Waals surface area contributed by atoms with E-state index in [2.05, 4.69) is 10.4 Å². The summed E-state index contributed by atoms with van der Waals surface area (Å²) < 4.78 is 11.1. The molecule has 0 saturated carbocycles. The molecule has 0 spiro atoms. The molecule has 0 bridgehead atoms. The van der Waals surface area contributed by atoms with Crippen LogP contribution in [-0.2, 0) is 20.8 Å². The first-order valence-corrected chi connectivity index (χ1v) is 9.38. The van der Waals surface area contributed by atoms with E-state index in [4.69, 9.17) is 9.47 Å². The van der Waals surface area contributed by atoms with E-state index in [0.717, 1.165) is 17.5 Å². The fourth-order valence-electron chi connectivity index (χ4n) is 2.58. The molecule has 0 saturated heterocycles. The van der Waals surface area contributed by atoms with Crippen LogP contribution in [0.2, 0.25) is 0 Å². The maximum absolute atomic E-state index is 12.4. The second-order valence-electron chi connectivity index (χ2n) is 5.87. The second kappa shape index (κ2) is 9.28. The van der Waals surface area contributed by atoms with E-state index in [1.807, 2.05) is 0 Å². The minimum atomic E-state index is -0.692. The quantitative estimate of drug-likeness (QED) is 0.387. The van der Waals surface area contributed by atoms with E-state index < -0.39 is 22.8 Å². The van der Waals surface area contributed by atoms with Crippen LogP contribution >= 0.6 is 11.3 Å². The Balaban J connectivity index is 2.18. The van der Waals surface area contributed by atoms with Gasteiger partial charge < -0.3 is 14.8 Å². The second-order valence-corrected chi connectivity index (χ2v) is 6.89. The van der Waals surface area contributed by atoms with E-state index in [-0.39, 0.29) is 40.7 Å². The van der Waals surface area contributed by atoms with Gasteiger partial charge in [-0.1, -0.05) is 0 Å². The molecule has 2 heterocycles. The first-order chi connectivity index (χ1) is 13.7. The van der Waals surface area contributed by atoms with Crippen LogP contribution in [-0.4, -0.2) is 46.3 Å². The molecule has 1 amide bonds. The van der Waals surface area contributed by atoms with Gasteiger partial charge in [0.1, 0.15) is 21.8 Å². The molecular formula is C17H20N4O7S. The lowest BCUT2D eigenvalue weighted by atomic mass is 10.1. The third-order valence-corrected chi connectivity index (χ3v) is 5.26. The summed E-state index contributed by atoms with van der Waals surface area (Å²) in [6.07, 6.45) is 1.07. The van der Waals surface area contributed by atoms with Gasteiger partial charge in [-0.15, -0.1) is 11.3 Å². The molecule has 0 atom stereocenters. The summed E-state index contributed by atoms with van der Waals surface area (Å²) in [6, 6.07) is 0. The molecule has 0 fully saturated rings. The number of aromatic nitrogens is 2. The van der Waals surface area contributed by atoms with Crippen LogP contribution in [0.5, 0.6) is 0 Å². The van der Waals surface area contributed by atoms with Gasteiger partial charge in [0.05, 0.1) is 30.7 Å². The molecule has 29 heavy (non-hydrogen) atoms. The van der Waals surface area contributed by atoms with E-state index in [1.165, 1.54) is 18.7 Å². The maximum Gasteiger partial charge on any atom is 0.348 e. The fourth-order valence-corrected chi connectivity index (χ4v) is 3.68. The van der Waals surface area contributed by atoms with Crippen molar-refractivity contribution in [1.29, 1.82) is 0 Å². The van der Waals surface area contributed by atoms with E-state index in [0.29, 0.717) is 11.3 Å². The lowest BCUT2D eigenvalue weighted by Crippen LogP contribution is -2.17. The third-order valence-electron chi connectivity index (χ3n) is 4.07. The normalized spacial score (nSPS) is 10.5. The van der Waals surface area contributed by atoms with Gasteiger partial charge in [0, 0.05) is 6.42 Å². The zero-order valence-electron chi connectivity index (χ0n) is 16.3. The number of nitro groups is 1. The van der Waals surface area contributed by atoms with Gasteiger partial charge in [0.25, 0.3) is 0 Å². The van der Waals surface area contributed by atoms with Crippen LogP contribution in [0.15, 0.2) is 6.20 Å². The molecular weight excluding hydrogens is 404 g/mol. The van der Waals surface area contributed by atoms with Crippen LogP contribution < -0.4 is 5.32 Å². The highest BCUT2D eigenvalue weighted by molar-refractivity contribution is 7.18. The van der Waals surface area contributed by atoms with Gasteiger partial charge in [-0.3, -0.25) is 19.6 Å². The molecule has 0 unspecified atom stereocenters. The number of nitrogens with zero attached hydrogens (tertiary/aromatic N) is 3. The topological polar surface area (TPSA) is 143 Å². The van der Waals surface area contributed by atoms with Gasteiger partial charge in [-0.2, -0.15) is 5.10 Å². The monoisotopic (exact) mass is 424 g/mol. The Labute approximate surface area is 169 Å². The van der Waals surface area contributed by atoms with Crippen molar-refractivity contribution < 1.29 is 28.8 Å². The van der Waals surface area contributed by atoms with Gasteiger partial charge in [0.15, 0.2) is 0 Å². The minimum absolute atomic E-state index is 0.0496. The number of rotatable bonds is 8. The van der Waals surface area contributed by atoms with E-state index in [9.17, 15) is 24.5 Å². The number of anilines is 1. The highest BCUT2D eigenvalue weighted by Crippen LogP contribution is 2.34. The average molecular weight is 424 g/mol. The number of aryl methyl sites for hydroxylation is 1. The summed E-state index contributed by atoms with van der Waals surface area (Å²) in [5.74, 6) is -1.74. The van der Waals surface area contributed by atoms with Crippen LogP contribution in [0, 0.1) is 24.0 Å². The molecule has 1 N–H and O–H groups in total. The van der Waals surface area contributed by atoms with E-state index in [1.54, 1.807) is 13.8 Å². The Kier molecular flexibility index (Phi) is 7.04. The average Bonchev–Trinajstić information content (AvgIpc) is 3.19. The summed E-state index contributed by atoms with van der Waals surface area (Å²) in [5, 5.41) is 17.5. The summed E-state index contributed by atoms with van der Waals surface area (Å²) in [5.41, 5.74) is 0.634. The molecule has 12 heteroatoms. The lowest BCUT2D eigenvalue weighted by molar-refractivity contribution is -0.385. The van der Waals surface area contributed by atoms with Gasteiger partial charge >= 0.3 is 17.6 Å². The Morgan fingerprint density at radius 1 is 1.31 bits per heavy atom. The predicted molar refractivity (Wildman–Crippen MR) is 103 cm³/mol. The third kappa shape index (κ3) is 4.77. The number of methoxy groups -OCH3 is 1. The number of carbonyl (C=O) groups excluding carboxylic acids is 3. The van der Waals surface area contributed by atoms with Crippen molar-refractivity contribution in [2.75, 3.05) is 19.0 Å². The van der Waals surface area contributed by atoms with Crippen LogP contribution in [0.4, 0.5) is 10.7 Å². The fraction of sp³-hybridized carbons (Fsp3) is 0.412. The van der Waals surface area contributed by atoms with Crippen molar-refractivity contribution in [2.45, 2.75) is 33.7 Å². The minimum Gasteiger partial charge on any atom is -0.465 e. The van der Waals surface area contributed by atoms with Crippen molar-refractivity contribution in [3.05, 3.63) is 38.0 Å². The van der Waals surface area contributed by atoms with Crippen LogP contribution in [0.25, 0.3) is 0 Å².